The van der Waals surface area contributed by atoms with Gasteiger partial charge < -0.3 is 14.9 Å². The van der Waals surface area contributed by atoms with E-state index in [-0.39, 0.29) is 22.4 Å². The van der Waals surface area contributed by atoms with Gasteiger partial charge in [0.15, 0.2) is 11.6 Å². The Kier molecular flexibility index (Phi) is 11.4. The fraction of sp³-hybridized carbons (Fsp3) is 0.405. The topological polar surface area (TPSA) is 135 Å². The lowest BCUT2D eigenvalue weighted by Crippen LogP contribution is -2.26. The third kappa shape index (κ3) is 8.27. The molecular formula is C37H41ClN4O5. The van der Waals surface area contributed by atoms with E-state index in [1.165, 1.54) is 61.6 Å². The number of ether oxygens (including phenoxy) is 1. The van der Waals surface area contributed by atoms with Gasteiger partial charge in [-0.3, -0.25) is 9.59 Å². The summed E-state index contributed by atoms with van der Waals surface area (Å²) in [4.78, 5) is 40.3. The standard InChI is InChI=1S/C19H22N2O3.C18H19ClN2O2/c1-24-16-6-4-15(5-7-16)19(8-2-3-9-19)10-18-20-11-14(12-21-18)17(23)13-22;19-15-5-3-4-14(8-15)18(6-1-2-7-18)9-17-20-10-13(11-21-17)16(23)12-22/h4-7,11-12,22H,2-3,8-10,13H2,1H3;3-5,8,10-11,22H,1-2,6-7,9,12H2. The molecule has 246 valence electrons. The fourth-order valence-electron chi connectivity index (χ4n) is 6.97. The Morgan fingerprint density at radius 1 is 0.702 bits per heavy atom. The molecule has 2 saturated carbocycles. The molecule has 0 amide bonds. The van der Waals surface area contributed by atoms with E-state index in [4.69, 9.17) is 26.6 Å². The Balaban J connectivity index is 0.000000185. The number of halogens is 1. The summed E-state index contributed by atoms with van der Waals surface area (Å²) in [6, 6.07) is 16.3. The lowest BCUT2D eigenvalue weighted by atomic mass is 9.76. The Bertz CT molecular complexity index is 1630. The smallest absolute Gasteiger partial charge is 0.191 e. The Labute approximate surface area is 280 Å². The van der Waals surface area contributed by atoms with Crippen molar-refractivity contribution in [3.05, 3.63) is 112 Å². The van der Waals surface area contributed by atoms with E-state index in [0.717, 1.165) is 60.9 Å². The first-order chi connectivity index (χ1) is 22.8. The van der Waals surface area contributed by atoms with Gasteiger partial charge in [0.25, 0.3) is 0 Å². The summed E-state index contributed by atoms with van der Waals surface area (Å²) in [5, 5.41) is 18.5. The van der Waals surface area contributed by atoms with Gasteiger partial charge in [0.05, 0.1) is 18.2 Å². The molecule has 2 aliphatic carbocycles. The van der Waals surface area contributed by atoms with Gasteiger partial charge in [-0.25, -0.2) is 19.9 Å². The van der Waals surface area contributed by atoms with Gasteiger partial charge >= 0.3 is 0 Å². The van der Waals surface area contributed by atoms with Gasteiger partial charge in [-0.2, -0.15) is 0 Å². The summed E-state index contributed by atoms with van der Waals surface area (Å²) in [7, 11) is 1.67. The molecule has 2 N–H and O–H groups in total. The second-order valence-corrected chi connectivity index (χ2v) is 12.9. The van der Waals surface area contributed by atoms with Crippen molar-refractivity contribution in [1.29, 1.82) is 0 Å². The van der Waals surface area contributed by atoms with Crippen LogP contribution in [-0.2, 0) is 23.7 Å². The van der Waals surface area contributed by atoms with E-state index in [0.29, 0.717) is 11.1 Å². The number of rotatable bonds is 11. The zero-order chi connectivity index (χ0) is 33.3. The van der Waals surface area contributed by atoms with Crippen molar-refractivity contribution in [3.8, 4) is 5.75 Å². The summed E-state index contributed by atoms with van der Waals surface area (Å²) in [6.45, 7) is -1.03. The molecule has 2 heterocycles. The monoisotopic (exact) mass is 656 g/mol. The number of aromatic nitrogens is 4. The number of Topliss-reactive ketones (excluding diaryl/α,β-unsaturated/α-hetero) is 2. The van der Waals surface area contributed by atoms with E-state index in [9.17, 15) is 9.59 Å². The van der Waals surface area contributed by atoms with E-state index >= 15 is 0 Å². The number of nitrogens with zero attached hydrogens (tertiary/aromatic N) is 4. The number of hydrogen-bond acceptors (Lipinski definition) is 9. The first-order valence-electron chi connectivity index (χ1n) is 16.1. The average molecular weight is 657 g/mol. The number of aliphatic hydroxyl groups is 2. The highest BCUT2D eigenvalue weighted by Gasteiger charge is 2.37. The second-order valence-electron chi connectivity index (χ2n) is 12.5. The molecule has 0 radical (unpaired) electrons. The van der Waals surface area contributed by atoms with Gasteiger partial charge in [0, 0.05) is 53.5 Å². The highest BCUT2D eigenvalue weighted by molar-refractivity contribution is 6.30. The molecule has 0 bridgehead atoms. The molecule has 0 unspecified atom stereocenters. The maximum atomic E-state index is 11.5. The SMILES string of the molecule is COc1ccc(C2(Cc3ncc(C(=O)CO)cn3)CCCC2)cc1.O=C(CO)c1cnc(CC2(c3cccc(Cl)c3)CCCC2)nc1. The van der Waals surface area contributed by atoms with Gasteiger partial charge in [-0.15, -0.1) is 0 Å². The summed E-state index contributed by atoms with van der Waals surface area (Å²) < 4.78 is 5.25. The van der Waals surface area contributed by atoms with Gasteiger partial charge in [0.2, 0.25) is 0 Å². The zero-order valence-electron chi connectivity index (χ0n) is 26.7. The van der Waals surface area contributed by atoms with Crippen LogP contribution in [0.25, 0.3) is 0 Å². The summed E-state index contributed by atoms with van der Waals surface area (Å²) in [5.74, 6) is 1.60. The van der Waals surface area contributed by atoms with Crippen LogP contribution < -0.4 is 4.74 Å². The molecule has 0 saturated heterocycles. The van der Waals surface area contributed by atoms with E-state index < -0.39 is 13.2 Å². The minimum absolute atomic E-state index is 0.0212. The quantitative estimate of drug-likeness (QED) is 0.184. The van der Waals surface area contributed by atoms with Crippen LogP contribution in [0.2, 0.25) is 5.02 Å². The molecule has 0 spiro atoms. The lowest BCUT2D eigenvalue weighted by molar-refractivity contribution is 0.0897. The van der Waals surface area contributed by atoms with Crippen LogP contribution in [0.15, 0.2) is 73.3 Å². The second kappa shape index (κ2) is 15.7. The number of benzene rings is 2. The third-order valence-corrected chi connectivity index (χ3v) is 9.83. The van der Waals surface area contributed by atoms with Crippen molar-refractivity contribution in [3.63, 3.8) is 0 Å². The Hall–Kier alpha value is -4.05. The number of carbonyl (C=O) groups is 2. The number of methoxy groups -OCH3 is 1. The maximum Gasteiger partial charge on any atom is 0.191 e. The summed E-state index contributed by atoms with van der Waals surface area (Å²) >= 11 is 6.17. The number of aliphatic hydroxyl groups excluding tert-OH is 2. The van der Waals surface area contributed by atoms with Crippen LogP contribution in [0.3, 0.4) is 0 Å². The van der Waals surface area contributed by atoms with Crippen LogP contribution in [0.1, 0.15) is 94.9 Å². The molecule has 10 heteroatoms. The molecule has 2 fully saturated rings. The van der Waals surface area contributed by atoms with Crippen molar-refractivity contribution in [2.75, 3.05) is 20.3 Å². The molecule has 0 aliphatic heterocycles. The van der Waals surface area contributed by atoms with Crippen LogP contribution in [-0.4, -0.2) is 62.0 Å². The van der Waals surface area contributed by atoms with Crippen molar-refractivity contribution in [2.24, 2.45) is 0 Å². The molecule has 9 nitrogen and oxygen atoms in total. The van der Waals surface area contributed by atoms with E-state index in [1.54, 1.807) is 7.11 Å². The predicted octanol–water partition coefficient (Wildman–Crippen LogP) is 6.07. The average Bonchev–Trinajstić information content (AvgIpc) is 3.80. The molecule has 2 aliphatic rings. The van der Waals surface area contributed by atoms with Crippen LogP contribution >= 0.6 is 11.6 Å². The third-order valence-electron chi connectivity index (χ3n) is 9.60. The molecule has 47 heavy (non-hydrogen) atoms. The first-order valence-corrected chi connectivity index (χ1v) is 16.5. The first kappa shape index (κ1) is 34.3. The Morgan fingerprint density at radius 2 is 1.15 bits per heavy atom. The minimum atomic E-state index is -0.519. The molecular weight excluding hydrogens is 616 g/mol. The molecule has 4 aromatic rings. The summed E-state index contributed by atoms with van der Waals surface area (Å²) in [6.07, 6.45) is 16.7. The lowest BCUT2D eigenvalue weighted by Gasteiger charge is -2.29. The minimum Gasteiger partial charge on any atom is -0.497 e. The van der Waals surface area contributed by atoms with Crippen molar-refractivity contribution in [2.45, 2.75) is 75.0 Å². The molecule has 2 aromatic carbocycles. The van der Waals surface area contributed by atoms with Crippen LogP contribution in [0, 0.1) is 0 Å². The fourth-order valence-corrected chi connectivity index (χ4v) is 7.16. The number of hydrogen-bond donors (Lipinski definition) is 2. The molecule has 0 atom stereocenters. The van der Waals surface area contributed by atoms with Gasteiger partial charge in [-0.05, 0) is 61.1 Å². The highest BCUT2D eigenvalue weighted by Crippen LogP contribution is 2.44. The van der Waals surface area contributed by atoms with Gasteiger partial charge in [0.1, 0.15) is 30.6 Å². The number of ketones is 2. The van der Waals surface area contributed by atoms with E-state index in [2.05, 4.69) is 38.1 Å². The van der Waals surface area contributed by atoms with Crippen molar-refractivity contribution >= 4 is 23.2 Å². The Morgan fingerprint density at radius 3 is 1.55 bits per heavy atom. The molecule has 6 rings (SSSR count). The van der Waals surface area contributed by atoms with E-state index in [1.807, 2.05) is 30.3 Å². The number of carbonyl (C=O) groups excluding carboxylic acids is 2. The maximum absolute atomic E-state index is 11.5. The molecule has 2 aromatic heterocycles. The van der Waals surface area contributed by atoms with Crippen LogP contribution in [0.5, 0.6) is 5.75 Å². The highest BCUT2D eigenvalue weighted by atomic mass is 35.5. The largest absolute Gasteiger partial charge is 0.497 e. The van der Waals surface area contributed by atoms with Gasteiger partial charge in [-0.1, -0.05) is 61.5 Å². The van der Waals surface area contributed by atoms with Crippen molar-refractivity contribution in [1.82, 2.24) is 19.9 Å². The van der Waals surface area contributed by atoms with Crippen molar-refractivity contribution < 1.29 is 24.5 Å². The summed E-state index contributed by atoms with van der Waals surface area (Å²) in [5.41, 5.74) is 3.30. The normalized spacial score (nSPS) is 16.3. The predicted molar refractivity (Wildman–Crippen MR) is 179 cm³/mol. The van der Waals surface area contributed by atoms with Crippen LogP contribution in [0.4, 0.5) is 0 Å². The zero-order valence-corrected chi connectivity index (χ0v) is 27.5.